The lowest BCUT2D eigenvalue weighted by atomic mass is 10.1. The summed E-state index contributed by atoms with van der Waals surface area (Å²) in [7, 11) is 0. The molecule has 0 heterocycles. The molecule has 0 aromatic carbocycles. The minimum absolute atomic E-state index is 0.0150. The summed E-state index contributed by atoms with van der Waals surface area (Å²) < 4.78 is 15.7. The maximum absolute atomic E-state index is 11.8. The number of carboxylic acid groups (broad SMARTS) is 1. The molecule has 10 heteroatoms. The number of carboxylic acids is 1. The van der Waals surface area contributed by atoms with E-state index in [0.717, 1.165) is 25.7 Å². The number of carbonyl (C=O) groups is 2. The molecule has 0 bridgehead atoms. The third kappa shape index (κ3) is 18.5. The van der Waals surface area contributed by atoms with E-state index in [9.17, 15) is 19.8 Å². The van der Waals surface area contributed by atoms with Crippen molar-refractivity contribution in [3.05, 3.63) is 0 Å². The van der Waals surface area contributed by atoms with E-state index in [-0.39, 0.29) is 45.2 Å². The van der Waals surface area contributed by atoms with E-state index in [1.54, 1.807) is 0 Å². The van der Waals surface area contributed by atoms with E-state index in [1.165, 1.54) is 0 Å². The van der Waals surface area contributed by atoms with Crippen LogP contribution in [-0.2, 0) is 23.8 Å². The van der Waals surface area contributed by atoms with Gasteiger partial charge in [0.2, 0.25) is 0 Å². The van der Waals surface area contributed by atoms with Crippen molar-refractivity contribution in [3.8, 4) is 0 Å². The smallest absolute Gasteiger partial charge is 0.305 e. The third-order valence-corrected chi connectivity index (χ3v) is 4.01. The summed E-state index contributed by atoms with van der Waals surface area (Å²) in [5, 5.41) is 44.7. The number of unbranched alkanes of at least 4 members (excludes halogenated alkanes) is 5. The van der Waals surface area contributed by atoms with Crippen LogP contribution in [0.5, 0.6) is 0 Å². The molecular formula is C19H36O10. The van der Waals surface area contributed by atoms with Crippen molar-refractivity contribution >= 4 is 11.9 Å². The number of rotatable bonds is 20. The maximum atomic E-state index is 11.8. The van der Waals surface area contributed by atoms with Crippen LogP contribution >= 0.6 is 0 Å². The Labute approximate surface area is 171 Å². The van der Waals surface area contributed by atoms with Crippen molar-refractivity contribution in [2.24, 2.45) is 0 Å². The van der Waals surface area contributed by atoms with Crippen molar-refractivity contribution in [2.45, 2.75) is 69.7 Å². The van der Waals surface area contributed by atoms with Crippen LogP contribution in [0.4, 0.5) is 0 Å². The van der Waals surface area contributed by atoms with E-state index in [0.29, 0.717) is 12.8 Å². The van der Waals surface area contributed by atoms with Crippen LogP contribution in [0.25, 0.3) is 0 Å². The van der Waals surface area contributed by atoms with Crippen LogP contribution in [0.3, 0.4) is 0 Å². The van der Waals surface area contributed by atoms with Crippen LogP contribution in [0.15, 0.2) is 0 Å². The fourth-order valence-corrected chi connectivity index (χ4v) is 2.34. The second-order valence-corrected chi connectivity index (χ2v) is 6.86. The molecule has 0 aromatic heterocycles. The number of aliphatic carboxylic acids is 1. The quantitative estimate of drug-likeness (QED) is 0.131. The molecule has 5 N–H and O–H groups in total. The van der Waals surface area contributed by atoms with Gasteiger partial charge in [0.25, 0.3) is 0 Å². The molecule has 0 radical (unpaired) electrons. The normalized spacial score (nSPS) is 14.3. The number of aliphatic hydroxyl groups is 4. The Morgan fingerprint density at radius 1 is 0.724 bits per heavy atom. The molecule has 0 fully saturated rings. The van der Waals surface area contributed by atoms with E-state index >= 15 is 0 Å². The highest BCUT2D eigenvalue weighted by Gasteiger charge is 2.16. The second-order valence-electron chi connectivity index (χ2n) is 6.86. The molecule has 0 saturated carbocycles. The van der Waals surface area contributed by atoms with Gasteiger partial charge in [-0.1, -0.05) is 25.7 Å². The zero-order valence-electron chi connectivity index (χ0n) is 16.9. The zero-order chi connectivity index (χ0) is 21.9. The monoisotopic (exact) mass is 424 g/mol. The van der Waals surface area contributed by atoms with Crippen LogP contribution in [-0.4, -0.2) is 95.4 Å². The fraction of sp³-hybridized carbons (Fsp3) is 0.895. The van der Waals surface area contributed by atoms with Gasteiger partial charge in [-0.15, -0.1) is 0 Å². The van der Waals surface area contributed by atoms with Gasteiger partial charge >= 0.3 is 11.9 Å². The highest BCUT2D eigenvalue weighted by Crippen LogP contribution is 2.09. The lowest BCUT2D eigenvalue weighted by Gasteiger charge is -2.20. The molecule has 0 aliphatic heterocycles. The standard InChI is InChI=1S/C19H36O10/c20-9-15(22)11-27-13-17(28-12-16(23)10-21)14-29-19(26)8-6-4-2-1-3-5-7-18(24)25/h15-17,20-23H,1-14H2,(H,24,25). The number of hydrogen-bond donors (Lipinski definition) is 5. The summed E-state index contributed by atoms with van der Waals surface area (Å²) in [5.41, 5.74) is 0. The molecule has 172 valence electrons. The van der Waals surface area contributed by atoms with Crippen molar-refractivity contribution < 1.29 is 49.3 Å². The van der Waals surface area contributed by atoms with Crippen molar-refractivity contribution in [2.75, 3.05) is 39.6 Å². The van der Waals surface area contributed by atoms with Crippen molar-refractivity contribution in [1.82, 2.24) is 0 Å². The summed E-state index contributed by atoms with van der Waals surface area (Å²) in [6.45, 7) is -1.29. The van der Waals surface area contributed by atoms with E-state index in [1.807, 2.05) is 0 Å². The molecule has 0 aromatic rings. The molecule has 0 saturated heterocycles. The molecule has 3 unspecified atom stereocenters. The number of ether oxygens (including phenoxy) is 3. The van der Waals surface area contributed by atoms with Gasteiger partial charge in [-0.3, -0.25) is 9.59 Å². The Balaban J connectivity index is 3.95. The van der Waals surface area contributed by atoms with Crippen LogP contribution < -0.4 is 0 Å². The lowest BCUT2D eigenvalue weighted by molar-refractivity contribution is -0.152. The maximum Gasteiger partial charge on any atom is 0.305 e. The summed E-state index contributed by atoms with van der Waals surface area (Å²) in [4.78, 5) is 22.2. The number of aliphatic hydroxyl groups excluding tert-OH is 4. The molecule has 0 amide bonds. The molecule has 0 rings (SSSR count). The molecule has 0 spiro atoms. The van der Waals surface area contributed by atoms with Crippen LogP contribution in [0, 0.1) is 0 Å². The van der Waals surface area contributed by atoms with Crippen molar-refractivity contribution in [1.29, 1.82) is 0 Å². The zero-order valence-corrected chi connectivity index (χ0v) is 16.9. The second kappa shape index (κ2) is 18.7. The Hall–Kier alpha value is -1.30. The first kappa shape index (κ1) is 27.7. The topological polar surface area (TPSA) is 163 Å². The summed E-state index contributed by atoms with van der Waals surface area (Å²) >= 11 is 0. The number of carbonyl (C=O) groups excluding carboxylic acids is 1. The van der Waals surface area contributed by atoms with E-state index < -0.39 is 37.5 Å². The average Bonchev–Trinajstić information content (AvgIpc) is 2.70. The summed E-state index contributed by atoms with van der Waals surface area (Å²) in [6, 6.07) is 0. The average molecular weight is 424 g/mol. The van der Waals surface area contributed by atoms with Crippen LogP contribution in [0.2, 0.25) is 0 Å². The SMILES string of the molecule is O=C(O)CCCCCCCCC(=O)OCC(COCC(O)CO)OCC(O)CO. The highest BCUT2D eigenvalue weighted by atomic mass is 16.6. The Kier molecular flexibility index (Phi) is 17.9. The van der Waals surface area contributed by atoms with Gasteiger partial charge in [-0.2, -0.15) is 0 Å². The Morgan fingerprint density at radius 3 is 1.86 bits per heavy atom. The third-order valence-electron chi connectivity index (χ3n) is 4.01. The molecule has 29 heavy (non-hydrogen) atoms. The first-order chi connectivity index (χ1) is 13.9. The summed E-state index contributed by atoms with van der Waals surface area (Å²) in [6.07, 6.45) is 2.59. The van der Waals surface area contributed by atoms with Gasteiger partial charge < -0.3 is 39.7 Å². The minimum atomic E-state index is -1.06. The first-order valence-electron chi connectivity index (χ1n) is 10.0. The van der Waals surface area contributed by atoms with E-state index in [2.05, 4.69) is 0 Å². The number of esters is 1. The summed E-state index contributed by atoms with van der Waals surface area (Å²) in [5.74, 6) is -1.17. The predicted molar refractivity (Wildman–Crippen MR) is 102 cm³/mol. The van der Waals surface area contributed by atoms with Gasteiger partial charge in [0.1, 0.15) is 24.9 Å². The van der Waals surface area contributed by atoms with Crippen molar-refractivity contribution in [3.63, 3.8) is 0 Å². The highest BCUT2D eigenvalue weighted by molar-refractivity contribution is 5.69. The fourth-order valence-electron chi connectivity index (χ4n) is 2.34. The molecule has 3 atom stereocenters. The van der Waals surface area contributed by atoms with Crippen LogP contribution in [0.1, 0.15) is 51.4 Å². The largest absolute Gasteiger partial charge is 0.481 e. The van der Waals surface area contributed by atoms with Gasteiger partial charge in [0, 0.05) is 12.8 Å². The van der Waals surface area contributed by atoms with Gasteiger partial charge in [-0.05, 0) is 12.8 Å². The molecular weight excluding hydrogens is 388 g/mol. The minimum Gasteiger partial charge on any atom is -0.481 e. The van der Waals surface area contributed by atoms with Gasteiger partial charge in [0.05, 0.1) is 33.0 Å². The molecule has 0 aliphatic carbocycles. The Morgan fingerprint density at radius 2 is 1.28 bits per heavy atom. The predicted octanol–water partition coefficient (Wildman–Crippen LogP) is -0.157. The Bertz CT molecular complexity index is 418. The van der Waals surface area contributed by atoms with Gasteiger partial charge in [-0.25, -0.2) is 0 Å². The molecule has 0 aliphatic rings. The number of hydrogen-bond acceptors (Lipinski definition) is 9. The lowest BCUT2D eigenvalue weighted by Crippen LogP contribution is -2.33. The first-order valence-corrected chi connectivity index (χ1v) is 10.0. The van der Waals surface area contributed by atoms with E-state index in [4.69, 9.17) is 29.5 Å². The van der Waals surface area contributed by atoms with Gasteiger partial charge in [0.15, 0.2) is 0 Å². The molecule has 10 nitrogen and oxygen atoms in total.